The maximum Gasteiger partial charge on any atom is 0.440 e. The standard InChI is InChI=1S/C22H29N2O5PS/c1-4-15-27-20-13-11-18(12-14-20)22(25)24-23-17-19-9-7-8-10-21(19)29-30(26,28-6-3)31-16-5-2/h7-14,17H,4-6,15-16H2,1-3H3,(H,24,25). The topological polar surface area (TPSA) is 86.2 Å². The molecule has 31 heavy (non-hydrogen) atoms. The molecule has 0 aliphatic rings. The van der Waals surface area contributed by atoms with Gasteiger partial charge in [0, 0.05) is 16.9 Å². The number of carbonyl (C=O) groups excluding carboxylic acids is 1. The van der Waals surface area contributed by atoms with E-state index in [2.05, 4.69) is 10.5 Å². The maximum absolute atomic E-state index is 12.9. The van der Waals surface area contributed by atoms with Crippen LogP contribution in [0.15, 0.2) is 53.6 Å². The van der Waals surface area contributed by atoms with Crippen LogP contribution in [0.25, 0.3) is 0 Å². The van der Waals surface area contributed by atoms with Gasteiger partial charge in [0.2, 0.25) is 0 Å². The first-order valence-corrected chi connectivity index (χ1v) is 13.4. The Labute approximate surface area is 187 Å². The van der Waals surface area contributed by atoms with Crippen molar-refractivity contribution in [1.29, 1.82) is 0 Å². The van der Waals surface area contributed by atoms with E-state index in [1.54, 1.807) is 55.5 Å². The van der Waals surface area contributed by atoms with Crippen molar-refractivity contribution in [3.63, 3.8) is 0 Å². The van der Waals surface area contributed by atoms with Crippen molar-refractivity contribution >= 4 is 30.3 Å². The summed E-state index contributed by atoms with van der Waals surface area (Å²) >= 11 is 1.17. The lowest BCUT2D eigenvalue weighted by Gasteiger charge is -2.18. The predicted molar refractivity (Wildman–Crippen MR) is 126 cm³/mol. The number of carbonyl (C=O) groups is 1. The van der Waals surface area contributed by atoms with Crippen LogP contribution in [-0.4, -0.2) is 31.1 Å². The summed E-state index contributed by atoms with van der Waals surface area (Å²) < 4.78 is 29.6. The van der Waals surface area contributed by atoms with Crippen molar-refractivity contribution in [3.05, 3.63) is 59.7 Å². The van der Waals surface area contributed by atoms with Crippen LogP contribution in [0.1, 0.15) is 49.5 Å². The third-order valence-corrected chi connectivity index (χ3v) is 7.77. The van der Waals surface area contributed by atoms with Crippen molar-refractivity contribution in [3.8, 4) is 11.5 Å². The summed E-state index contributed by atoms with van der Waals surface area (Å²) in [7, 11) is 0. The molecule has 2 aromatic rings. The van der Waals surface area contributed by atoms with Gasteiger partial charge >= 0.3 is 6.80 Å². The molecule has 1 atom stereocenters. The van der Waals surface area contributed by atoms with Crippen LogP contribution in [0.4, 0.5) is 0 Å². The van der Waals surface area contributed by atoms with Gasteiger partial charge in [-0.1, -0.05) is 26.0 Å². The normalized spacial score (nSPS) is 13.0. The Morgan fingerprint density at radius 2 is 1.84 bits per heavy atom. The lowest BCUT2D eigenvalue weighted by Crippen LogP contribution is -2.17. The Morgan fingerprint density at radius 3 is 2.52 bits per heavy atom. The Morgan fingerprint density at radius 1 is 1.10 bits per heavy atom. The maximum atomic E-state index is 12.9. The van der Waals surface area contributed by atoms with Crippen LogP contribution < -0.4 is 14.7 Å². The highest BCUT2D eigenvalue weighted by atomic mass is 32.7. The fourth-order valence-corrected chi connectivity index (χ4v) is 5.86. The highest BCUT2D eigenvalue weighted by Gasteiger charge is 2.27. The van der Waals surface area contributed by atoms with Gasteiger partial charge in [-0.05, 0) is 67.5 Å². The first-order chi connectivity index (χ1) is 15.0. The highest BCUT2D eigenvalue weighted by molar-refractivity contribution is 8.55. The van der Waals surface area contributed by atoms with Gasteiger partial charge in [-0.2, -0.15) is 5.10 Å². The van der Waals surface area contributed by atoms with E-state index < -0.39 is 6.80 Å². The van der Waals surface area contributed by atoms with Gasteiger partial charge in [-0.25, -0.2) is 9.99 Å². The van der Waals surface area contributed by atoms with Gasteiger partial charge in [-0.3, -0.25) is 9.32 Å². The molecule has 2 aromatic carbocycles. The zero-order valence-electron chi connectivity index (χ0n) is 18.1. The Hall–Kier alpha value is -2.28. The van der Waals surface area contributed by atoms with Crippen LogP contribution in [0.3, 0.4) is 0 Å². The highest BCUT2D eigenvalue weighted by Crippen LogP contribution is 2.60. The summed E-state index contributed by atoms with van der Waals surface area (Å²) in [5.74, 6) is 1.40. The van der Waals surface area contributed by atoms with Crippen LogP contribution in [-0.2, 0) is 9.09 Å². The molecule has 0 aliphatic carbocycles. The molecule has 0 saturated carbocycles. The minimum absolute atomic E-state index is 0.280. The molecule has 1 unspecified atom stereocenters. The molecule has 0 saturated heterocycles. The van der Waals surface area contributed by atoms with E-state index in [1.807, 2.05) is 13.8 Å². The number of nitrogens with zero attached hydrogens (tertiary/aromatic N) is 1. The second-order valence-corrected chi connectivity index (χ2v) is 10.5. The molecule has 1 amide bonds. The molecule has 0 spiro atoms. The Bertz CT molecular complexity index is 905. The molecule has 0 heterocycles. The van der Waals surface area contributed by atoms with Gasteiger partial charge < -0.3 is 9.26 Å². The fourth-order valence-electron chi connectivity index (χ4n) is 2.39. The third-order valence-electron chi connectivity index (χ3n) is 3.83. The lowest BCUT2D eigenvalue weighted by molar-refractivity contribution is 0.0955. The van der Waals surface area contributed by atoms with Gasteiger partial charge in [0.25, 0.3) is 5.91 Å². The van der Waals surface area contributed by atoms with Crippen molar-refractivity contribution in [1.82, 2.24) is 5.43 Å². The molecule has 0 aromatic heterocycles. The zero-order valence-corrected chi connectivity index (χ0v) is 19.8. The van der Waals surface area contributed by atoms with E-state index in [0.717, 1.165) is 12.8 Å². The SMILES string of the molecule is CCCOc1ccc(C(=O)NN=Cc2ccccc2OP(=O)(OCC)SCCC)cc1. The largest absolute Gasteiger partial charge is 0.494 e. The first-order valence-electron chi connectivity index (χ1n) is 10.2. The molecule has 168 valence electrons. The van der Waals surface area contributed by atoms with E-state index in [1.165, 1.54) is 17.6 Å². The number of nitrogens with one attached hydrogen (secondary N) is 1. The minimum atomic E-state index is -3.34. The quantitative estimate of drug-likeness (QED) is 0.225. The number of hydrazone groups is 1. The molecule has 7 nitrogen and oxygen atoms in total. The van der Waals surface area contributed by atoms with Gasteiger partial charge in [-0.15, -0.1) is 0 Å². The van der Waals surface area contributed by atoms with Crippen molar-refractivity contribution in [2.45, 2.75) is 33.6 Å². The van der Waals surface area contributed by atoms with Gasteiger partial charge in [0.15, 0.2) is 0 Å². The summed E-state index contributed by atoms with van der Waals surface area (Å²) in [6, 6.07) is 13.9. The molecule has 0 aliphatic heterocycles. The van der Waals surface area contributed by atoms with Crippen LogP contribution in [0.2, 0.25) is 0 Å². The predicted octanol–water partition coefficient (Wildman–Crippen LogP) is 5.91. The van der Waals surface area contributed by atoms with Crippen molar-refractivity contribution in [2.24, 2.45) is 5.10 Å². The van der Waals surface area contributed by atoms with E-state index in [4.69, 9.17) is 13.8 Å². The van der Waals surface area contributed by atoms with E-state index in [9.17, 15) is 9.36 Å². The lowest BCUT2D eigenvalue weighted by atomic mass is 10.2. The van der Waals surface area contributed by atoms with E-state index in [0.29, 0.717) is 35.0 Å². The van der Waals surface area contributed by atoms with Gasteiger partial charge in [0.1, 0.15) is 11.5 Å². The third kappa shape index (κ3) is 8.40. The summed E-state index contributed by atoms with van der Waals surface area (Å²) in [4.78, 5) is 12.3. The second-order valence-electron chi connectivity index (χ2n) is 6.40. The summed E-state index contributed by atoms with van der Waals surface area (Å²) in [6.45, 7) is 3.37. The number of amides is 1. The number of benzene rings is 2. The van der Waals surface area contributed by atoms with Gasteiger partial charge in [0.05, 0.1) is 19.4 Å². The van der Waals surface area contributed by atoms with Crippen LogP contribution in [0, 0.1) is 0 Å². The number of rotatable bonds is 13. The molecule has 1 N–H and O–H groups in total. The van der Waals surface area contributed by atoms with Crippen LogP contribution in [0.5, 0.6) is 11.5 Å². The smallest absolute Gasteiger partial charge is 0.440 e. The average Bonchev–Trinajstić information content (AvgIpc) is 2.78. The van der Waals surface area contributed by atoms with E-state index >= 15 is 0 Å². The summed E-state index contributed by atoms with van der Waals surface area (Å²) in [5, 5.41) is 4.02. The monoisotopic (exact) mass is 464 g/mol. The zero-order chi connectivity index (χ0) is 22.5. The second kappa shape index (κ2) is 13.2. The average molecular weight is 465 g/mol. The number of ether oxygens (including phenoxy) is 1. The van der Waals surface area contributed by atoms with Crippen molar-refractivity contribution < 1.29 is 23.1 Å². The Kier molecular flexibility index (Phi) is 10.6. The van der Waals surface area contributed by atoms with Crippen LogP contribution >= 0.6 is 18.2 Å². The number of para-hydroxylation sites is 1. The number of hydrogen-bond donors (Lipinski definition) is 1. The van der Waals surface area contributed by atoms with E-state index in [-0.39, 0.29) is 12.5 Å². The molecule has 0 bridgehead atoms. The minimum Gasteiger partial charge on any atom is -0.494 e. The summed E-state index contributed by atoms with van der Waals surface area (Å²) in [5.41, 5.74) is 3.52. The van der Waals surface area contributed by atoms with Crippen molar-refractivity contribution in [2.75, 3.05) is 19.0 Å². The molecule has 0 fully saturated rings. The number of hydrogen-bond acceptors (Lipinski definition) is 7. The summed E-state index contributed by atoms with van der Waals surface area (Å²) in [6.07, 6.45) is 3.22. The Balaban J connectivity index is 2.04. The molecule has 9 heteroatoms. The molecular weight excluding hydrogens is 435 g/mol. The first kappa shape index (κ1) is 25.0. The fraction of sp³-hybridized carbons (Fsp3) is 0.364. The molecule has 2 rings (SSSR count). The molecule has 0 radical (unpaired) electrons. The molecular formula is C22H29N2O5PS.